The Kier molecular flexibility index (Phi) is 6.63. The molecule has 2 aromatic rings. The van der Waals surface area contributed by atoms with Crippen LogP contribution in [-0.4, -0.2) is 36.7 Å². The van der Waals surface area contributed by atoms with Crippen molar-refractivity contribution in [3.8, 4) is 11.5 Å². The summed E-state index contributed by atoms with van der Waals surface area (Å²) >= 11 is 0. The summed E-state index contributed by atoms with van der Waals surface area (Å²) in [5.74, 6) is -1.07. The Labute approximate surface area is 160 Å². The average Bonchev–Trinajstić information content (AvgIpc) is 2.71. The molecule has 146 valence electrons. The second-order valence-electron chi connectivity index (χ2n) is 5.46. The molecule has 0 spiro atoms. The highest BCUT2D eigenvalue weighted by Crippen LogP contribution is 2.28. The van der Waals surface area contributed by atoms with E-state index < -0.39 is 16.7 Å². The van der Waals surface area contributed by atoms with Gasteiger partial charge in [0.05, 0.1) is 30.5 Å². The third-order valence-corrected chi connectivity index (χ3v) is 3.68. The van der Waals surface area contributed by atoms with Crippen LogP contribution in [0.3, 0.4) is 0 Å². The van der Waals surface area contributed by atoms with E-state index in [2.05, 4.69) is 15.8 Å². The van der Waals surface area contributed by atoms with Crippen LogP contribution >= 0.6 is 0 Å². The Morgan fingerprint density at radius 2 is 1.71 bits per heavy atom. The molecule has 28 heavy (non-hydrogen) atoms. The van der Waals surface area contributed by atoms with E-state index >= 15 is 0 Å². The number of hydrazone groups is 1. The minimum atomic E-state index is -0.987. The Morgan fingerprint density at radius 3 is 2.29 bits per heavy atom. The quantitative estimate of drug-likeness (QED) is 0.338. The van der Waals surface area contributed by atoms with Crippen molar-refractivity contribution in [2.75, 3.05) is 19.5 Å². The number of amides is 2. The largest absolute Gasteiger partial charge is 0.497 e. The molecule has 2 rings (SSSR count). The van der Waals surface area contributed by atoms with E-state index in [0.717, 1.165) is 0 Å². The van der Waals surface area contributed by atoms with E-state index in [1.165, 1.54) is 44.6 Å². The topological polar surface area (TPSA) is 132 Å². The molecule has 0 fully saturated rings. The molecule has 0 aliphatic carbocycles. The van der Waals surface area contributed by atoms with Crippen molar-refractivity contribution < 1.29 is 24.0 Å². The fraction of sp³-hybridized carbons (Fsp3) is 0.167. The van der Waals surface area contributed by atoms with Crippen molar-refractivity contribution in [2.24, 2.45) is 5.10 Å². The van der Waals surface area contributed by atoms with Crippen LogP contribution in [-0.2, 0) is 9.59 Å². The van der Waals surface area contributed by atoms with Gasteiger partial charge in [-0.05, 0) is 36.8 Å². The number of carbonyl (C=O) groups is 2. The van der Waals surface area contributed by atoms with Crippen molar-refractivity contribution in [3.05, 3.63) is 58.1 Å². The fourth-order valence-corrected chi connectivity index (χ4v) is 2.16. The maximum Gasteiger partial charge on any atom is 0.329 e. The fourth-order valence-electron chi connectivity index (χ4n) is 2.16. The van der Waals surface area contributed by atoms with Crippen LogP contribution in [0.25, 0.3) is 0 Å². The van der Waals surface area contributed by atoms with Gasteiger partial charge in [0.1, 0.15) is 11.5 Å². The zero-order chi connectivity index (χ0) is 20.7. The van der Waals surface area contributed by atoms with Crippen LogP contribution < -0.4 is 20.2 Å². The maximum atomic E-state index is 12.0. The van der Waals surface area contributed by atoms with Gasteiger partial charge in [-0.1, -0.05) is 0 Å². The molecule has 0 atom stereocenters. The summed E-state index contributed by atoms with van der Waals surface area (Å²) in [4.78, 5) is 34.2. The van der Waals surface area contributed by atoms with Gasteiger partial charge in [0.2, 0.25) is 0 Å². The van der Waals surface area contributed by atoms with Gasteiger partial charge >= 0.3 is 11.8 Å². The summed E-state index contributed by atoms with van der Waals surface area (Å²) in [6, 6.07) is 10.3. The molecule has 0 aliphatic heterocycles. The van der Waals surface area contributed by atoms with E-state index in [4.69, 9.17) is 9.47 Å². The van der Waals surface area contributed by atoms with E-state index in [0.29, 0.717) is 28.5 Å². The summed E-state index contributed by atoms with van der Waals surface area (Å²) in [5, 5.41) is 16.9. The van der Waals surface area contributed by atoms with Crippen molar-refractivity contribution in [1.82, 2.24) is 5.43 Å². The van der Waals surface area contributed by atoms with Crippen LogP contribution in [0.15, 0.2) is 47.6 Å². The third kappa shape index (κ3) is 5.04. The Balaban J connectivity index is 2.03. The minimum absolute atomic E-state index is 0.0617. The molecule has 0 unspecified atom stereocenters. The maximum absolute atomic E-state index is 12.0. The van der Waals surface area contributed by atoms with Crippen LogP contribution in [0.5, 0.6) is 11.5 Å². The Hall–Kier alpha value is -3.95. The highest BCUT2D eigenvalue weighted by Gasteiger charge is 2.16. The van der Waals surface area contributed by atoms with Gasteiger partial charge in [-0.2, -0.15) is 5.10 Å². The first-order valence-corrected chi connectivity index (χ1v) is 7.98. The molecular weight excluding hydrogens is 368 g/mol. The number of rotatable bonds is 6. The number of anilines is 1. The minimum Gasteiger partial charge on any atom is -0.497 e. The molecule has 0 aliphatic rings. The lowest BCUT2D eigenvalue weighted by atomic mass is 10.1. The molecule has 2 amide bonds. The van der Waals surface area contributed by atoms with Crippen molar-refractivity contribution >= 4 is 28.9 Å². The summed E-state index contributed by atoms with van der Waals surface area (Å²) in [7, 11) is 2.91. The van der Waals surface area contributed by atoms with Crippen molar-refractivity contribution in [3.63, 3.8) is 0 Å². The Morgan fingerprint density at radius 1 is 1.04 bits per heavy atom. The summed E-state index contributed by atoms with van der Waals surface area (Å²) in [6.07, 6.45) is 0. The second kappa shape index (κ2) is 9.12. The van der Waals surface area contributed by atoms with Crippen molar-refractivity contribution in [2.45, 2.75) is 6.92 Å². The first-order chi connectivity index (χ1) is 13.3. The van der Waals surface area contributed by atoms with E-state index in [1.807, 2.05) is 0 Å². The number of benzene rings is 2. The van der Waals surface area contributed by atoms with Gasteiger partial charge in [0.15, 0.2) is 0 Å². The van der Waals surface area contributed by atoms with Gasteiger partial charge in [0, 0.05) is 18.2 Å². The number of hydrogen-bond acceptors (Lipinski definition) is 7. The van der Waals surface area contributed by atoms with Gasteiger partial charge in [-0.15, -0.1) is 0 Å². The number of nitrogens with one attached hydrogen (secondary N) is 2. The number of nitro groups is 1. The van der Waals surface area contributed by atoms with E-state index in [9.17, 15) is 19.7 Å². The number of nitro benzene ring substituents is 1. The first-order valence-electron chi connectivity index (χ1n) is 7.98. The van der Waals surface area contributed by atoms with Crippen LogP contribution in [0.1, 0.15) is 12.5 Å². The molecule has 2 N–H and O–H groups in total. The lowest BCUT2D eigenvalue weighted by Gasteiger charge is -2.11. The molecule has 0 heterocycles. The predicted octanol–water partition coefficient (Wildman–Crippen LogP) is 2.09. The standard InChI is InChI=1S/C18H18N4O6/c1-11(12-4-6-13(7-5-12)22(25)26)20-21-18(24)17(23)19-15-9-8-14(27-2)10-16(15)28-3/h4-10H,1-3H3,(H,19,23)(H,21,24). The molecule has 0 saturated carbocycles. The molecule has 0 saturated heterocycles. The van der Waals surface area contributed by atoms with E-state index in [1.54, 1.807) is 19.1 Å². The van der Waals surface area contributed by atoms with Gasteiger partial charge in [-0.25, -0.2) is 5.43 Å². The predicted molar refractivity (Wildman–Crippen MR) is 102 cm³/mol. The number of non-ortho nitro benzene ring substituents is 1. The number of methoxy groups -OCH3 is 2. The highest BCUT2D eigenvalue weighted by molar-refractivity contribution is 6.39. The van der Waals surface area contributed by atoms with Crippen LogP contribution in [0, 0.1) is 10.1 Å². The smallest absolute Gasteiger partial charge is 0.329 e. The SMILES string of the molecule is COc1ccc(NC(=O)C(=O)NN=C(C)c2ccc([N+](=O)[O-])cc2)c(OC)c1. The van der Waals surface area contributed by atoms with Crippen molar-refractivity contribution in [1.29, 1.82) is 0 Å². The third-order valence-electron chi connectivity index (χ3n) is 3.68. The van der Waals surface area contributed by atoms with Crippen LogP contribution in [0.2, 0.25) is 0 Å². The monoisotopic (exact) mass is 386 g/mol. The molecule has 0 radical (unpaired) electrons. The number of hydrogen-bond donors (Lipinski definition) is 2. The summed E-state index contributed by atoms with van der Waals surface area (Å²) < 4.78 is 10.2. The molecule has 2 aromatic carbocycles. The summed E-state index contributed by atoms with van der Waals surface area (Å²) in [5.41, 5.74) is 3.30. The second-order valence-corrected chi connectivity index (χ2v) is 5.46. The highest BCUT2D eigenvalue weighted by atomic mass is 16.6. The Bertz CT molecular complexity index is 924. The number of carbonyl (C=O) groups excluding carboxylic acids is 2. The molecule has 10 nitrogen and oxygen atoms in total. The molecule has 0 aromatic heterocycles. The normalized spacial score (nSPS) is 10.8. The molecule has 10 heteroatoms. The zero-order valence-electron chi connectivity index (χ0n) is 15.4. The lowest BCUT2D eigenvalue weighted by Crippen LogP contribution is -2.33. The number of nitrogens with zero attached hydrogens (tertiary/aromatic N) is 2. The first kappa shape index (κ1) is 20.4. The molecular formula is C18H18N4O6. The molecule has 0 bridgehead atoms. The van der Waals surface area contributed by atoms with Crippen LogP contribution in [0.4, 0.5) is 11.4 Å². The number of ether oxygens (including phenoxy) is 2. The van der Waals surface area contributed by atoms with E-state index in [-0.39, 0.29) is 5.69 Å². The van der Waals surface area contributed by atoms with Gasteiger partial charge < -0.3 is 14.8 Å². The van der Waals surface area contributed by atoms with Gasteiger partial charge in [-0.3, -0.25) is 19.7 Å². The van der Waals surface area contributed by atoms with Gasteiger partial charge in [0.25, 0.3) is 5.69 Å². The zero-order valence-corrected chi connectivity index (χ0v) is 15.4. The lowest BCUT2D eigenvalue weighted by molar-refractivity contribution is -0.384. The average molecular weight is 386 g/mol. The summed E-state index contributed by atoms with van der Waals surface area (Å²) in [6.45, 7) is 1.59.